The minimum absolute atomic E-state index is 0.181. The third kappa shape index (κ3) is 3.04. The molecule has 0 fully saturated rings. The second kappa shape index (κ2) is 5.27. The summed E-state index contributed by atoms with van der Waals surface area (Å²) in [5, 5.41) is 2.68. The molecule has 0 aliphatic carbocycles. The molecule has 0 spiro atoms. The molecular formula is C13H12FN3O. The molecule has 0 radical (unpaired) electrons. The van der Waals surface area contributed by atoms with E-state index >= 15 is 0 Å². The van der Waals surface area contributed by atoms with Gasteiger partial charge in [-0.15, -0.1) is 0 Å². The fourth-order valence-electron chi connectivity index (χ4n) is 1.49. The van der Waals surface area contributed by atoms with Gasteiger partial charge in [-0.25, -0.2) is 9.37 Å². The van der Waals surface area contributed by atoms with Crippen molar-refractivity contribution in [3.05, 3.63) is 59.7 Å². The van der Waals surface area contributed by atoms with Crippen LogP contribution in [0.1, 0.15) is 16.1 Å². The van der Waals surface area contributed by atoms with E-state index in [-0.39, 0.29) is 11.6 Å². The van der Waals surface area contributed by atoms with Gasteiger partial charge in [-0.2, -0.15) is 0 Å². The third-order valence-electron chi connectivity index (χ3n) is 2.36. The second-order valence-corrected chi connectivity index (χ2v) is 3.79. The van der Waals surface area contributed by atoms with Gasteiger partial charge in [-0.1, -0.05) is 12.1 Å². The standard InChI is InChI=1S/C13H12FN3O/c14-10-4-5-12(16-8-10)13(18)17-7-9-2-1-3-11(15)6-9/h1-6,8H,7,15H2,(H,17,18). The first-order valence-electron chi connectivity index (χ1n) is 5.39. The van der Waals surface area contributed by atoms with Crippen molar-refractivity contribution in [2.75, 3.05) is 5.73 Å². The third-order valence-corrected chi connectivity index (χ3v) is 2.36. The summed E-state index contributed by atoms with van der Waals surface area (Å²) in [5.41, 5.74) is 7.34. The number of carbonyl (C=O) groups excluding carboxylic acids is 1. The van der Waals surface area contributed by atoms with Gasteiger partial charge in [-0.05, 0) is 29.8 Å². The maximum atomic E-state index is 12.6. The second-order valence-electron chi connectivity index (χ2n) is 3.79. The SMILES string of the molecule is Nc1cccc(CNC(=O)c2ccc(F)cn2)c1. The molecule has 2 rings (SSSR count). The molecule has 1 heterocycles. The zero-order chi connectivity index (χ0) is 13.0. The number of aromatic nitrogens is 1. The zero-order valence-electron chi connectivity index (χ0n) is 9.56. The molecular weight excluding hydrogens is 233 g/mol. The quantitative estimate of drug-likeness (QED) is 0.809. The fraction of sp³-hybridized carbons (Fsp3) is 0.0769. The number of benzene rings is 1. The van der Waals surface area contributed by atoms with Crippen molar-refractivity contribution in [3.63, 3.8) is 0 Å². The summed E-state index contributed by atoms with van der Waals surface area (Å²) >= 11 is 0. The van der Waals surface area contributed by atoms with Crippen molar-refractivity contribution >= 4 is 11.6 Å². The van der Waals surface area contributed by atoms with E-state index in [0.717, 1.165) is 11.8 Å². The molecule has 1 amide bonds. The minimum Gasteiger partial charge on any atom is -0.399 e. The van der Waals surface area contributed by atoms with E-state index in [1.165, 1.54) is 12.1 Å². The number of rotatable bonds is 3. The number of pyridine rings is 1. The molecule has 2 aromatic rings. The van der Waals surface area contributed by atoms with Crippen LogP contribution >= 0.6 is 0 Å². The maximum Gasteiger partial charge on any atom is 0.270 e. The van der Waals surface area contributed by atoms with Crippen LogP contribution < -0.4 is 11.1 Å². The Bertz CT molecular complexity index is 554. The van der Waals surface area contributed by atoms with Gasteiger partial charge in [0.25, 0.3) is 5.91 Å². The first-order valence-corrected chi connectivity index (χ1v) is 5.39. The molecule has 0 aliphatic heterocycles. The number of nitrogen functional groups attached to an aromatic ring is 1. The molecule has 4 nitrogen and oxygen atoms in total. The molecule has 0 saturated heterocycles. The summed E-state index contributed by atoms with van der Waals surface area (Å²) in [6.07, 6.45) is 1.01. The van der Waals surface area contributed by atoms with Gasteiger partial charge in [0.1, 0.15) is 11.5 Å². The summed E-state index contributed by atoms with van der Waals surface area (Å²) < 4.78 is 12.6. The summed E-state index contributed by atoms with van der Waals surface area (Å²) in [6.45, 7) is 0.350. The molecule has 5 heteroatoms. The number of amides is 1. The average Bonchev–Trinajstić information content (AvgIpc) is 2.37. The van der Waals surface area contributed by atoms with Crippen molar-refractivity contribution in [1.82, 2.24) is 10.3 Å². The summed E-state index contributed by atoms with van der Waals surface area (Å²) in [6, 6.07) is 9.75. The van der Waals surface area contributed by atoms with Gasteiger partial charge < -0.3 is 11.1 Å². The van der Waals surface area contributed by atoms with Gasteiger partial charge in [0.15, 0.2) is 0 Å². The minimum atomic E-state index is -0.470. The number of halogens is 1. The lowest BCUT2D eigenvalue weighted by molar-refractivity contribution is 0.0946. The highest BCUT2D eigenvalue weighted by Crippen LogP contribution is 2.06. The average molecular weight is 245 g/mol. The lowest BCUT2D eigenvalue weighted by Gasteiger charge is -2.05. The molecule has 0 saturated carbocycles. The Kier molecular flexibility index (Phi) is 3.52. The van der Waals surface area contributed by atoms with Crippen molar-refractivity contribution in [1.29, 1.82) is 0 Å². The van der Waals surface area contributed by atoms with Crippen LogP contribution in [0.15, 0.2) is 42.6 Å². The summed E-state index contributed by atoms with van der Waals surface area (Å²) in [7, 11) is 0. The van der Waals surface area contributed by atoms with Crippen molar-refractivity contribution in [3.8, 4) is 0 Å². The topological polar surface area (TPSA) is 68.0 Å². The number of hydrogen-bond donors (Lipinski definition) is 2. The van der Waals surface area contributed by atoms with E-state index in [9.17, 15) is 9.18 Å². The normalized spacial score (nSPS) is 10.1. The van der Waals surface area contributed by atoms with Crippen molar-refractivity contribution in [2.24, 2.45) is 0 Å². The van der Waals surface area contributed by atoms with E-state index in [0.29, 0.717) is 12.2 Å². The molecule has 1 aromatic carbocycles. The monoisotopic (exact) mass is 245 g/mol. The lowest BCUT2D eigenvalue weighted by Crippen LogP contribution is -2.23. The highest BCUT2D eigenvalue weighted by Gasteiger charge is 2.06. The highest BCUT2D eigenvalue weighted by atomic mass is 19.1. The largest absolute Gasteiger partial charge is 0.399 e. The first kappa shape index (κ1) is 12.0. The van der Waals surface area contributed by atoms with Crippen LogP contribution in [0.2, 0.25) is 0 Å². The smallest absolute Gasteiger partial charge is 0.270 e. The van der Waals surface area contributed by atoms with E-state index in [2.05, 4.69) is 10.3 Å². The summed E-state index contributed by atoms with van der Waals surface area (Å²) in [5.74, 6) is -0.820. The van der Waals surface area contributed by atoms with Crippen molar-refractivity contribution in [2.45, 2.75) is 6.54 Å². The molecule has 0 bridgehead atoms. The Balaban J connectivity index is 1.98. The van der Waals surface area contributed by atoms with Crippen LogP contribution in [0.5, 0.6) is 0 Å². The van der Waals surface area contributed by atoms with E-state index in [1.54, 1.807) is 12.1 Å². The first-order chi connectivity index (χ1) is 8.65. The van der Waals surface area contributed by atoms with E-state index in [4.69, 9.17) is 5.73 Å². The maximum absolute atomic E-state index is 12.6. The number of hydrogen-bond acceptors (Lipinski definition) is 3. The molecule has 0 aliphatic rings. The fourth-order valence-corrected chi connectivity index (χ4v) is 1.49. The number of nitrogens with two attached hydrogens (primary N) is 1. The molecule has 3 N–H and O–H groups in total. The Morgan fingerprint density at radius 1 is 1.33 bits per heavy atom. The number of anilines is 1. The van der Waals surface area contributed by atoms with Gasteiger partial charge in [-0.3, -0.25) is 4.79 Å². The van der Waals surface area contributed by atoms with Crippen LogP contribution in [0.25, 0.3) is 0 Å². The Morgan fingerprint density at radius 3 is 2.83 bits per heavy atom. The van der Waals surface area contributed by atoms with Gasteiger partial charge in [0.05, 0.1) is 6.20 Å². The highest BCUT2D eigenvalue weighted by molar-refractivity contribution is 5.92. The molecule has 0 atom stereocenters. The number of carbonyl (C=O) groups is 1. The van der Waals surface area contributed by atoms with E-state index in [1.807, 2.05) is 12.1 Å². The predicted octanol–water partition coefficient (Wildman–Crippen LogP) is 1.73. The van der Waals surface area contributed by atoms with Crippen LogP contribution in [-0.4, -0.2) is 10.9 Å². The number of nitrogens with one attached hydrogen (secondary N) is 1. The Labute approximate surface area is 104 Å². The van der Waals surface area contributed by atoms with E-state index < -0.39 is 5.82 Å². The lowest BCUT2D eigenvalue weighted by atomic mass is 10.2. The van der Waals surface area contributed by atoms with Crippen molar-refractivity contribution < 1.29 is 9.18 Å². The Hall–Kier alpha value is -2.43. The zero-order valence-corrected chi connectivity index (χ0v) is 9.56. The van der Waals surface area contributed by atoms with Gasteiger partial charge >= 0.3 is 0 Å². The molecule has 92 valence electrons. The van der Waals surface area contributed by atoms with Crippen LogP contribution in [0.4, 0.5) is 10.1 Å². The number of nitrogens with zero attached hydrogens (tertiary/aromatic N) is 1. The molecule has 1 aromatic heterocycles. The van der Waals surface area contributed by atoms with Gasteiger partial charge in [0, 0.05) is 12.2 Å². The van der Waals surface area contributed by atoms with Crippen LogP contribution in [0, 0.1) is 5.82 Å². The Morgan fingerprint density at radius 2 is 2.17 bits per heavy atom. The molecule has 0 unspecified atom stereocenters. The van der Waals surface area contributed by atoms with Crippen LogP contribution in [0.3, 0.4) is 0 Å². The molecule has 18 heavy (non-hydrogen) atoms. The van der Waals surface area contributed by atoms with Gasteiger partial charge in [0.2, 0.25) is 0 Å². The van der Waals surface area contributed by atoms with Crippen LogP contribution in [-0.2, 0) is 6.54 Å². The predicted molar refractivity (Wildman–Crippen MR) is 66.2 cm³/mol. The summed E-state index contributed by atoms with van der Waals surface area (Å²) in [4.78, 5) is 15.4.